The smallest absolute Gasteiger partial charge is 0.338 e. The summed E-state index contributed by atoms with van der Waals surface area (Å²) in [5.41, 5.74) is 3.78. The molecule has 0 unspecified atom stereocenters. The highest BCUT2D eigenvalue weighted by Gasteiger charge is 2.14. The number of benzene rings is 1. The van der Waals surface area contributed by atoms with Gasteiger partial charge in [-0.3, -0.25) is 9.59 Å². The molecule has 124 valence electrons. The highest BCUT2D eigenvalue weighted by atomic mass is 16.5. The maximum atomic E-state index is 11.7. The summed E-state index contributed by atoms with van der Waals surface area (Å²) in [7, 11) is 0. The van der Waals surface area contributed by atoms with Crippen LogP contribution in [0.15, 0.2) is 29.4 Å². The molecule has 0 aliphatic heterocycles. The molecular weight excluding hydrogens is 298 g/mol. The fraction of sp³-hybridized carbons (Fsp3) is 0.375. The Morgan fingerprint density at radius 1 is 1.00 bits per heavy atom. The van der Waals surface area contributed by atoms with E-state index in [4.69, 9.17) is 4.74 Å². The van der Waals surface area contributed by atoms with Crippen LogP contribution in [0, 0.1) is 0 Å². The molecule has 2 amide bonds. The first-order valence-electron chi connectivity index (χ1n) is 7.45. The Balaban J connectivity index is 2.62. The summed E-state index contributed by atoms with van der Waals surface area (Å²) in [6.45, 7) is 5.84. The highest BCUT2D eigenvalue weighted by molar-refractivity contribution is 6.39. The zero-order valence-electron chi connectivity index (χ0n) is 13.5. The number of ether oxygens (including phenoxy) is 1. The molecule has 0 fully saturated rings. The summed E-state index contributed by atoms with van der Waals surface area (Å²) < 4.78 is 4.86. The fourth-order valence-electron chi connectivity index (χ4n) is 1.68. The maximum Gasteiger partial charge on any atom is 0.338 e. The van der Waals surface area contributed by atoms with Crippen molar-refractivity contribution in [3.05, 3.63) is 29.8 Å². The number of carbonyl (C=O) groups excluding carboxylic acids is 3. The van der Waals surface area contributed by atoms with E-state index >= 15 is 0 Å². The van der Waals surface area contributed by atoms with Gasteiger partial charge in [0.1, 0.15) is 0 Å². The predicted octanol–water partition coefficient (Wildman–Crippen LogP) is 2.09. The van der Waals surface area contributed by atoms with Crippen molar-refractivity contribution in [2.45, 2.75) is 33.6 Å². The third kappa shape index (κ3) is 5.90. The van der Waals surface area contributed by atoms with Gasteiger partial charge < -0.3 is 10.1 Å². The van der Waals surface area contributed by atoms with Gasteiger partial charge in [0.05, 0.1) is 12.2 Å². The van der Waals surface area contributed by atoms with E-state index in [-0.39, 0.29) is 6.61 Å². The van der Waals surface area contributed by atoms with Crippen LogP contribution in [-0.2, 0) is 14.3 Å². The minimum Gasteiger partial charge on any atom is -0.462 e. The van der Waals surface area contributed by atoms with Gasteiger partial charge in [-0.1, -0.05) is 13.8 Å². The normalized spacial score (nSPS) is 9.70. The number of hydrogen-bond donors (Lipinski definition) is 2. The van der Waals surface area contributed by atoms with Crippen molar-refractivity contribution < 1.29 is 19.1 Å². The minimum atomic E-state index is -0.848. The zero-order chi connectivity index (χ0) is 17.2. The van der Waals surface area contributed by atoms with Crippen LogP contribution in [-0.4, -0.2) is 30.1 Å². The first-order chi connectivity index (χ1) is 11.0. The second kappa shape index (κ2) is 9.34. The average Bonchev–Trinajstić information content (AvgIpc) is 2.56. The Kier molecular flexibility index (Phi) is 7.45. The number of amides is 2. The molecule has 0 saturated carbocycles. The Bertz CT molecular complexity index is 588. The number of hydrazone groups is 1. The van der Waals surface area contributed by atoms with Crippen LogP contribution in [0.3, 0.4) is 0 Å². The molecule has 7 nitrogen and oxygen atoms in total. The van der Waals surface area contributed by atoms with Crippen molar-refractivity contribution in [3.63, 3.8) is 0 Å². The van der Waals surface area contributed by atoms with Crippen molar-refractivity contribution in [1.29, 1.82) is 0 Å². The standard InChI is InChI=1S/C16H21N3O4/c1-4-12(5-2)18-19-15(21)14(20)17-13-9-7-11(8-10-13)16(22)23-6-3/h7-10H,4-6H2,1-3H3,(H,17,20)(H,19,21). The highest BCUT2D eigenvalue weighted by Crippen LogP contribution is 2.10. The number of hydrogen-bond acceptors (Lipinski definition) is 5. The van der Waals surface area contributed by atoms with E-state index in [0.29, 0.717) is 24.1 Å². The third-order valence-electron chi connectivity index (χ3n) is 2.99. The molecule has 0 aliphatic rings. The predicted molar refractivity (Wildman–Crippen MR) is 87.2 cm³/mol. The molecule has 0 aromatic heterocycles. The van der Waals surface area contributed by atoms with E-state index < -0.39 is 17.8 Å². The second-order valence-electron chi connectivity index (χ2n) is 4.58. The Hall–Kier alpha value is -2.70. The summed E-state index contributed by atoms with van der Waals surface area (Å²) in [6, 6.07) is 6.06. The van der Waals surface area contributed by atoms with Crippen molar-refractivity contribution in [3.8, 4) is 0 Å². The zero-order valence-corrected chi connectivity index (χ0v) is 13.5. The lowest BCUT2D eigenvalue weighted by atomic mass is 10.2. The topological polar surface area (TPSA) is 96.9 Å². The quantitative estimate of drug-likeness (QED) is 0.363. The number of esters is 1. The van der Waals surface area contributed by atoms with Gasteiger partial charge in [0.15, 0.2) is 0 Å². The van der Waals surface area contributed by atoms with E-state index in [9.17, 15) is 14.4 Å². The lowest BCUT2D eigenvalue weighted by molar-refractivity contribution is -0.136. The van der Waals surface area contributed by atoms with E-state index in [1.807, 2.05) is 13.8 Å². The van der Waals surface area contributed by atoms with Gasteiger partial charge in [0.2, 0.25) is 0 Å². The first-order valence-corrected chi connectivity index (χ1v) is 7.45. The van der Waals surface area contributed by atoms with E-state index in [2.05, 4.69) is 15.8 Å². The van der Waals surface area contributed by atoms with Gasteiger partial charge in [-0.05, 0) is 44.0 Å². The molecule has 0 heterocycles. The molecule has 0 bridgehead atoms. The van der Waals surface area contributed by atoms with Crippen molar-refractivity contribution in [2.24, 2.45) is 5.10 Å². The molecule has 0 saturated heterocycles. The summed E-state index contributed by atoms with van der Waals surface area (Å²) in [5.74, 6) is -2.12. The molecule has 1 aromatic carbocycles. The van der Waals surface area contributed by atoms with Crippen LogP contribution >= 0.6 is 0 Å². The number of carbonyl (C=O) groups is 3. The number of nitrogens with zero attached hydrogens (tertiary/aromatic N) is 1. The van der Waals surface area contributed by atoms with Gasteiger partial charge in [0.25, 0.3) is 0 Å². The Morgan fingerprint density at radius 2 is 1.61 bits per heavy atom. The maximum absolute atomic E-state index is 11.7. The van der Waals surface area contributed by atoms with Crippen LogP contribution in [0.25, 0.3) is 0 Å². The van der Waals surface area contributed by atoms with E-state index in [1.165, 1.54) is 24.3 Å². The molecule has 1 aromatic rings. The summed E-state index contributed by atoms with van der Waals surface area (Å²) in [5, 5.41) is 6.30. The Labute approximate surface area is 135 Å². The average molecular weight is 319 g/mol. The molecule has 0 aliphatic carbocycles. The van der Waals surface area contributed by atoms with Crippen molar-refractivity contribution in [1.82, 2.24) is 5.43 Å². The molecule has 7 heteroatoms. The summed E-state index contributed by atoms with van der Waals surface area (Å²) in [6.07, 6.45) is 1.40. The molecule has 0 atom stereocenters. The van der Waals surface area contributed by atoms with Gasteiger partial charge >= 0.3 is 17.8 Å². The lowest BCUT2D eigenvalue weighted by Crippen LogP contribution is -2.33. The second-order valence-corrected chi connectivity index (χ2v) is 4.58. The monoisotopic (exact) mass is 319 g/mol. The fourth-order valence-corrected chi connectivity index (χ4v) is 1.68. The third-order valence-corrected chi connectivity index (χ3v) is 2.99. The van der Waals surface area contributed by atoms with E-state index in [0.717, 1.165) is 5.71 Å². The molecule has 2 N–H and O–H groups in total. The van der Waals surface area contributed by atoms with Crippen LogP contribution in [0.1, 0.15) is 44.0 Å². The largest absolute Gasteiger partial charge is 0.462 e. The summed E-state index contributed by atoms with van der Waals surface area (Å²) in [4.78, 5) is 34.9. The SMILES string of the molecule is CCOC(=O)c1ccc(NC(=O)C(=O)NN=C(CC)CC)cc1. The number of nitrogens with one attached hydrogen (secondary N) is 2. The Morgan fingerprint density at radius 3 is 2.13 bits per heavy atom. The number of anilines is 1. The van der Waals surface area contributed by atoms with Crippen LogP contribution < -0.4 is 10.7 Å². The van der Waals surface area contributed by atoms with Crippen molar-refractivity contribution >= 4 is 29.2 Å². The van der Waals surface area contributed by atoms with Crippen LogP contribution in [0.2, 0.25) is 0 Å². The van der Waals surface area contributed by atoms with Gasteiger partial charge in [-0.2, -0.15) is 5.10 Å². The molecule has 23 heavy (non-hydrogen) atoms. The molecule has 1 rings (SSSR count). The van der Waals surface area contributed by atoms with Gasteiger partial charge in [0, 0.05) is 11.4 Å². The molecule has 0 radical (unpaired) electrons. The van der Waals surface area contributed by atoms with Gasteiger partial charge in [-0.25, -0.2) is 10.2 Å². The number of rotatable bonds is 6. The van der Waals surface area contributed by atoms with Gasteiger partial charge in [-0.15, -0.1) is 0 Å². The van der Waals surface area contributed by atoms with E-state index in [1.54, 1.807) is 6.92 Å². The summed E-state index contributed by atoms with van der Waals surface area (Å²) >= 11 is 0. The molecule has 0 spiro atoms. The minimum absolute atomic E-state index is 0.287. The molecular formula is C16H21N3O4. The first kappa shape index (κ1) is 18.3. The van der Waals surface area contributed by atoms with Crippen LogP contribution in [0.4, 0.5) is 5.69 Å². The van der Waals surface area contributed by atoms with Crippen LogP contribution in [0.5, 0.6) is 0 Å². The lowest BCUT2D eigenvalue weighted by Gasteiger charge is -2.06. The van der Waals surface area contributed by atoms with Crippen molar-refractivity contribution in [2.75, 3.05) is 11.9 Å².